The van der Waals surface area contributed by atoms with Crippen LogP contribution >= 0.6 is 38.9 Å². The van der Waals surface area contributed by atoms with E-state index in [-0.39, 0.29) is 5.91 Å². The molecule has 0 bridgehead atoms. The van der Waals surface area contributed by atoms with Gasteiger partial charge in [-0.3, -0.25) is 10.1 Å². The molecule has 0 aliphatic rings. The second kappa shape index (κ2) is 8.04. The molecule has 0 saturated heterocycles. The number of carbonyl (C=O) groups excluding carboxylic acids is 1. The lowest BCUT2D eigenvalue weighted by Crippen LogP contribution is -2.15. The number of para-hydroxylation sites is 1. The molecule has 0 spiro atoms. The second-order valence-electron chi connectivity index (χ2n) is 7.07. The number of nitrogens with one attached hydrogen (secondary N) is 1. The van der Waals surface area contributed by atoms with Crippen molar-refractivity contribution in [3.05, 3.63) is 87.4 Å². The standard InChI is InChI=1S/C24H15BrClN3OS/c1-13-21(23(30)29-24-28-19-11-8-15(25)12-20(19)31-24)17-4-2-3-5-18(17)27-22(13)14-6-9-16(26)10-7-14/h2-12H,1H3,(H,28,29,30). The first-order chi connectivity index (χ1) is 15.0. The van der Waals surface area contributed by atoms with Crippen LogP contribution in [0.1, 0.15) is 15.9 Å². The van der Waals surface area contributed by atoms with Crippen LogP contribution in [0.3, 0.4) is 0 Å². The maximum Gasteiger partial charge on any atom is 0.258 e. The number of pyridine rings is 1. The van der Waals surface area contributed by atoms with E-state index in [2.05, 4.69) is 26.2 Å². The molecule has 0 saturated carbocycles. The van der Waals surface area contributed by atoms with Crippen LogP contribution in [0.2, 0.25) is 5.02 Å². The fourth-order valence-corrected chi connectivity index (χ4v) is 5.14. The molecule has 1 amide bonds. The summed E-state index contributed by atoms with van der Waals surface area (Å²) in [7, 11) is 0. The molecule has 5 rings (SSSR count). The molecular weight excluding hydrogens is 494 g/mol. The molecular formula is C24H15BrClN3OS. The van der Waals surface area contributed by atoms with Crippen molar-refractivity contribution in [2.75, 3.05) is 5.32 Å². The number of hydrogen-bond donors (Lipinski definition) is 1. The zero-order chi connectivity index (χ0) is 21.5. The number of hydrogen-bond acceptors (Lipinski definition) is 4. The van der Waals surface area contributed by atoms with E-state index in [1.807, 2.05) is 73.7 Å². The minimum absolute atomic E-state index is 0.204. The fourth-order valence-electron chi connectivity index (χ4n) is 3.60. The van der Waals surface area contributed by atoms with Gasteiger partial charge in [-0.25, -0.2) is 9.97 Å². The molecule has 2 aromatic heterocycles. The van der Waals surface area contributed by atoms with Crippen molar-refractivity contribution in [2.24, 2.45) is 0 Å². The van der Waals surface area contributed by atoms with Crippen LogP contribution in [0, 0.1) is 6.92 Å². The minimum Gasteiger partial charge on any atom is -0.298 e. The maximum atomic E-state index is 13.4. The van der Waals surface area contributed by atoms with Crippen LogP contribution < -0.4 is 5.32 Å². The Morgan fingerprint density at radius 3 is 2.58 bits per heavy atom. The van der Waals surface area contributed by atoms with Crippen LogP contribution in [0.25, 0.3) is 32.4 Å². The molecule has 2 heterocycles. The number of benzene rings is 3. The van der Waals surface area contributed by atoms with E-state index in [0.717, 1.165) is 42.4 Å². The summed E-state index contributed by atoms with van der Waals surface area (Å²) in [4.78, 5) is 22.8. The van der Waals surface area contributed by atoms with Gasteiger partial charge in [0.2, 0.25) is 0 Å². The molecule has 0 atom stereocenters. The highest BCUT2D eigenvalue weighted by molar-refractivity contribution is 9.10. The Kier molecular flexibility index (Phi) is 5.22. The first-order valence-corrected chi connectivity index (χ1v) is 11.5. The molecule has 5 aromatic rings. The number of carbonyl (C=O) groups is 1. The first-order valence-electron chi connectivity index (χ1n) is 9.52. The molecule has 4 nitrogen and oxygen atoms in total. The molecule has 3 aromatic carbocycles. The molecule has 0 fully saturated rings. The van der Waals surface area contributed by atoms with E-state index in [4.69, 9.17) is 16.6 Å². The Morgan fingerprint density at radius 1 is 1.00 bits per heavy atom. The Balaban J connectivity index is 1.62. The van der Waals surface area contributed by atoms with E-state index in [9.17, 15) is 4.79 Å². The van der Waals surface area contributed by atoms with Crippen molar-refractivity contribution in [3.63, 3.8) is 0 Å². The van der Waals surface area contributed by atoms with Gasteiger partial charge in [-0.15, -0.1) is 0 Å². The van der Waals surface area contributed by atoms with Crippen molar-refractivity contribution in [2.45, 2.75) is 6.92 Å². The van der Waals surface area contributed by atoms with Gasteiger partial charge in [0.1, 0.15) is 0 Å². The van der Waals surface area contributed by atoms with E-state index in [1.54, 1.807) is 0 Å². The predicted octanol–water partition coefficient (Wildman–Crippen LogP) is 7.49. The molecule has 31 heavy (non-hydrogen) atoms. The number of rotatable bonds is 3. The van der Waals surface area contributed by atoms with Gasteiger partial charge in [-0.05, 0) is 48.9 Å². The number of anilines is 1. The first kappa shape index (κ1) is 20.1. The van der Waals surface area contributed by atoms with Crippen molar-refractivity contribution in [1.29, 1.82) is 0 Å². The van der Waals surface area contributed by atoms with Crippen LogP contribution in [0.5, 0.6) is 0 Å². The Hall–Kier alpha value is -2.80. The van der Waals surface area contributed by atoms with E-state index >= 15 is 0 Å². The van der Waals surface area contributed by atoms with E-state index in [0.29, 0.717) is 15.7 Å². The minimum atomic E-state index is -0.204. The summed E-state index contributed by atoms with van der Waals surface area (Å²) in [6, 6.07) is 21.0. The normalized spacial score (nSPS) is 11.2. The summed E-state index contributed by atoms with van der Waals surface area (Å²) in [5.74, 6) is -0.204. The van der Waals surface area contributed by atoms with Gasteiger partial charge in [0.05, 0.1) is 27.0 Å². The van der Waals surface area contributed by atoms with Crippen LogP contribution in [0.15, 0.2) is 71.2 Å². The molecule has 0 radical (unpaired) electrons. The summed E-state index contributed by atoms with van der Waals surface area (Å²) >= 11 is 11.0. The van der Waals surface area contributed by atoms with Gasteiger partial charge in [0.15, 0.2) is 5.13 Å². The lowest BCUT2D eigenvalue weighted by Gasteiger charge is -2.14. The highest BCUT2D eigenvalue weighted by Crippen LogP contribution is 2.32. The number of aromatic nitrogens is 2. The van der Waals surface area contributed by atoms with E-state index < -0.39 is 0 Å². The van der Waals surface area contributed by atoms with Gasteiger partial charge in [-0.2, -0.15) is 0 Å². The number of thiazole rings is 1. The molecule has 0 unspecified atom stereocenters. The topological polar surface area (TPSA) is 54.9 Å². The molecule has 0 aliphatic carbocycles. The van der Waals surface area contributed by atoms with Crippen LogP contribution in [0.4, 0.5) is 5.13 Å². The van der Waals surface area contributed by atoms with Crippen molar-refractivity contribution < 1.29 is 4.79 Å². The average Bonchev–Trinajstić information content (AvgIpc) is 3.15. The summed E-state index contributed by atoms with van der Waals surface area (Å²) in [6.45, 7) is 1.92. The number of fused-ring (bicyclic) bond motifs is 2. The largest absolute Gasteiger partial charge is 0.298 e. The summed E-state index contributed by atoms with van der Waals surface area (Å²) < 4.78 is 1.98. The second-order valence-corrected chi connectivity index (χ2v) is 9.45. The van der Waals surface area contributed by atoms with Crippen molar-refractivity contribution in [3.8, 4) is 11.3 Å². The van der Waals surface area contributed by atoms with Crippen LogP contribution in [-0.2, 0) is 0 Å². The van der Waals surface area contributed by atoms with Gasteiger partial charge < -0.3 is 0 Å². The molecule has 1 N–H and O–H groups in total. The third kappa shape index (κ3) is 3.83. The smallest absolute Gasteiger partial charge is 0.258 e. The molecule has 0 aliphatic heterocycles. The summed E-state index contributed by atoms with van der Waals surface area (Å²) in [6.07, 6.45) is 0. The highest BCUT2D eigenvalue weighted by atomic mass is 79.9. The highest BCUT2D eigenvalue weighted by Gasteiger charge is 2.20. The fraction of sp³-hybridized carbons (Fsp3) is 0.0417. The Labute approximate surface area is 196 Å². The summed E-state index contributed by atoms with van der Waals surface area (Å²) in [5, 5.41) is 5.01. The summed E-state index contributed by atoms with van der Waals surface area (Å²) in [5.41, 5.74) is 4.68. The molecule has 152 valence electrons. The Morgan fingerprint density at radius 2 is 1.77 bits per heavy atom. The maximum absolute atomic E-state index is 13.4. The zero-order valence-corrected chi connectivity index (χ0v) is 19.5. The van der Waals surface area contributed by atoms with Gasteiger partial charge in [-0.1, -0.05) is 69.2 Å². The zero-order valence-electron chi connectivity index (χ0n) is 16.3. The third-order valence-corrected chi connectivity index (χ3v) is 6.73. The number of halogens is 2. The lowest BCUT2D eigenvalue weighted by molar-refractivity contribution is 0.102. The average molecular weight is 509 g/mol. The lowest BCUT2D eigenvalue weighted by atomic mass is 9.97. The van der Waals surface area contributed by atoms with Gasteiger partial charge in [0.25, 0.3) is 5.91 Å². The monoisotopic (exact) mass is 507 g/mol. The number of nitrogens with zero attached hydrogens (tertiary/aromatic N) is 2. The van der Waals surface area contributed by atoms with Gasteiger partial charge in [0, 0.05) is 20.4 Å². The Bertz CT molecular complexity index is 1460. The third-order valence-electron chi connectivity index (χ3n) is 5.05. The number of amides is 1. The van der Waals surface area contributed by atoms with Gasteiger partial charge >= 0.3 is 0 Å². The van der Waals surface area contributed by atoms with E-state index in [1.165, 1.54) is 11.3 Å². The molecule has 7 heteroatoms. The quantitative estimate of drug-likeness (QED) is 0.275. The van der Waals surface area contributed by atoms with Crippen molar-refractivity contribution in [1.82, 2.24) is 9.97 Å². The SMILES string of the molecule is Cc1c(-c2ccc(Cl)cc2)nc2ccccc2c1C(=O)Nc1nc2ccc(Br)cc2s1. The predicted molar refractivity (Wildman–Crippen MR) is 132 cm³/mol. The van der Waals surface area contributed by atoms with Crippen molar-refractivity contribution >= 4 is 71.0 Å². The van der Waals surface area contributed by atoms with Crippen LogP contribution in [-0.4, -0.2) is 15.9 Å².